The molecule has 1 aromatic carbocycles. The zero-order chi connectivity index (χ0) is 13.4. The molecular weight excluding hydrogens is 238 g/mol. The number of hydrogen-bond acceptors (Lipinski definition) is 5. The van der Waals surface area contributed by atoms with E-state index in [0.717, 1.165) is 0 Å². The number of nitro groups is 1. The number of non-ortho nitro benzene ring substituents is 1. The highest BCUT2D eigenvalue weighted by Gasteiger charge is 2.05. The van der Waals surface area contributed by atoms with E-state index in [4.69, 9.17) is 4.74 Å². The van der Waals surface area contributed by atoms with E-state index in [1.54, 1.807) is 0 Å². The van der Waals surface area contributed by atoms with Gasteiger partial charge in [0, 0.05) is 18.7 Å². The Morgan fingerprint density at radius 2 is 2.17 bits per heavy atom. The number of aliphatic imine (C=N–C) groups is 1. The molecule has 0 spiro atoms. The van der Waals surface area contributed by atoms with Crippen LogP contribution in [0.3, 0.4) is 0 Å². The van der Waals surface area contributed by atoms with E-state index in [2.05, 4.69) is 10.3 Å². The number of ether oxygens (including phenoxy) is 1. The van der Waals surface area contributed by atoms with Crippen LogP contribution in [0.2, 0.25) is 0 Å². The van der Waals surface area contributed by atoms with Crippen molar-refractivity contribution in [2.45, 2.75) is 13.5 Å². The molecule has 1 aromatic rings. The van der Waals surface area contributed by atoms with Crippen LogP contribution in [0, 0.1) is 10.1 Å². The maximum atomic E-state index is 11.1. The molecule has 1 N–H and O–H groups in total. The van der Waals surface area contributed by atoms with Crippen molar-refractivity contribution in [1.82, 2.24) is 5.32 Å². The summed E-state index contributed by atoms with van der Waals surface area (Å²) in [6.07, 6.45) is 0.642. The predicted molar refractivity (Wildman–Crippen MR) is 65.5 cm³/mol. The summed E-state index contributed by atoms with van der Waals surface area (Å²) in [7, 11) is 0. The average Bonchev–Trinajstić information content (AvgIpc) is 2.37. The standard InChI is InChI=1S/C11H13N3O4/c1-2-12-8-13-11(15)18-7-9-3-5-10(6-4-9)14(16)17/h3-6,8H,2,7H2,1H3,(H,12,13,15). The molecule has 0 bridgehead atoms. The Labute approximate surface area is 104 Å². The molecule has 0 aromatic heterocycles. The minimum absolute atomic E-state index is 0.00159. The van der Waals surface area contributed by atoms with Crippen LogP contribution >= 0.6 is 0 Å². The summed E-state index contributed by atoms with van der Waals surface area (Å²) in [5.74, 6) is 0. The molecule has 0 atom stereocenters. The summed E-state index contributed by atoms with van der Waals surface area (Å²) in [6.45, 7) is 2.45. The minimum Gasteiger partial charge on any atom is -0.444 e. The van der Waals surface area contributed by atoms with Crippen LogP contribution < -0.4 is 5.32 Å². The van der Waals surface area contributed by atoms with Crippen LogP contribution in [0.15, 0.2) is 29.3 Å². The van der Waals surface area contributed by atoms with Crippen molar-refractivity contribution >= 4 is 18.1 Å². The molecule has 0 aliphatic heterocycles. The quantitative estimate of drug-likeness (QED) is 0.374. The van der Waals surface area contributed by atoms with Crippen LogP contribution in [0.4, 0.5) is 10.5 Å². The van der Waals surface area contributed by atoms with Gasteiger partial charge in [-0.05, 0) is 24.6 Å². The van der Waals surface area contributed by atoms with Crippen LogP contribution in [-0.2, 0) is 11.3 Å². The first kappa shape index (κ1) is 13.6. The van der Waals surface area contributed by atoms with Gasteiger partial charge in [-0.15, -0.1) is 0 Å². The van der Waals surface area contributed by atoms with Gasteiger partial charge in [0.05, 0.1) is 11.3 Å². The Hall–Kier alpha value is -2.44. The molecule has 0 unspecified atom stereocenters. The first-order chi connectivity index (χ1) is 8.63. The Bertz CT molecular complexity index is 442. The summed E-state index contributed by atoms with van der Waals surface area (Å²) in [5.41, 5.74) is 0.668. The Balaban J connectivity index is 2.41. The van der Waals surface area contributed by atoms with E-state index < -0.39 is 11.0 Å². The van der Waals surface area contributed by atoms with Crippen molar-refractivity contribution in [2.24, 2.45) is 4.99 Å². The summed E-state index contributed by atoms with van der Waals surface area (Å²) in [6, 6.07) is 5.78. The van der Waals surface area contributed by atoms with E-state index in [1.807, 2.05) is 6.92 Å². The topological polar surface area (TPSA) is 93.8 Å². The van der Waals surface area contributed by atoms with Crippen molar-refractivity contribution in [3.8, 4) is 0 Å². The number of alkyl carbamates (subject to hydrolysis) is 1. The molecule has 7 nitrogen and oxygen atoms in total. The monoisotopic (exact) mass is 251 g/mol. The van der Waals surface area contributed by atoms with Gasteiger partial charge < -0.3 is 4.74 Å². The third-order valence-electron chi connectivity index (χ3n) is 1.97. The number of benzene rings is 1. The van der Waals surface area contributed by atoms with E-state index >= 15 is 0 Å². The number of nitrogens with zero attached hydrogens (tertiary/aromatic N) is 2. The zero-order valence-corrected chi connectivity index (χ0v) is 9.83. The number of nitrogens with one attached hydrogen (secondary N) is 1. The molecule has 96 valence electrons. The van der Waals surface area contributed by atoms with Crippen LogP contribution in [0.1, 0.15) is 12.5 Å². The van der Waals surface area contributed by atoms with Gasteiger partial charge in [-0.2, -0.15) is 0 Å². The maximum Gasteiger partial charge on any atom is 0.412 e. The van der Waals surface area contributed by atoms with Crippen LogP contribution in [-0.4, -0.2) is 23.9 Å². The molecule has 1 amide bonds. The van der Waals surface area contributed by atoms with Gasteiger partial charge in [0.25, 0.3) is 5.69 Å². The van der Waals surface area contributed by atoms with Crippen molar-refractivity contribution in [3.05, 3.63) is 39.9 Å². The molecule has 0 fully saturated rings. The van der Waals surface area contributed by atoms with Gasteiger partial charge in [0.2, 0.25) is 0 Å². The lowest BCUT2D eigenvalue weighted by Crippen LogP contribution is -2.22. The van der Waals surface area contributed by atoms with Gasteiger partial charge in [0.15, 0.2) is 0 Å². The van der Waals surface area contributed by atoms with Crippen molar-refractivity contribution in [3.63, 3.8) is 0 Å². The lowest BCUT2D eigenvalue weighted by atomic mass is 10.2. The minimum atomic E-state index is -0.620. The second-order valence-corrected chi connectivity index (χ2v) is 3.27. The van der Waals surface area contributed by atoms with Crippen molar-refractivity contribution < 1.29 is 14.5 Å². The predicted octanol–water partition coefficient (Wildman–Crippen LogP) is 1.87. The molecule has 7 heteroatoms. The van der Waals surface area contributed by atoms with E-state index in [1.165, 1.54) is 30.6 Å². The highest BCUT2D eigenvalue weighted by atomic mass is 16.6. The highest BCUT2D eigenvalue weighted by molar-refractivity contribution is 5.81. The fourth-order valence-electron chi connectivity index (χ4n) is 1.09. The lowest BCUT2D eigenvalue weighted by molar-refractivity contribution is -0.384. The third-order valence-corrected chi connectivity index (χ3v) is 1.97. The summed E-state index contributed by atoms with van der Waals surface area (Å²) in [4.78, 5) is 24.9. The Morgan fingerprint density at radius 3 is 2.72 bits per heavy atom. The lowest BCUT2D eigenvalue weighted by Gasteiger charge is -2.03. The Kier molecular flexibility index (Phi) is 5.30. The summed E-state index contributed by atoms with van der Waals surface area (Å²) in [5, 5.41) is 12.7. The third kappa shape index (κ3) is 4.60. The maximum absolute atomic E-state index is 11.1. The number of carbonyl (C=O) groups excluding carboxylic acids is 1. The fourth-order valence-corrected chi connectivity index (χ4v) is 1.09. The van der Waals surface area contributed by atoms with Crippen LogP contribution in [0.5, 0.6) is 0 Å². The zero-order valence-electron chi connectivity index (χ0n) is 9.83. The van der Waals surface area contributed by atoms with E-state index in [9.17, 15) is 14.9 Å². The van der Waals surface area contributed by atoms with Gasteiger partial charge in [-0.25, -0.2) is 4.79 Å². The molecule has 0 heterocycles. The van der Waals surface area contributed by atoms with Crippen molar-refractivity contribution in [1.29, 1.82) is 0 Å². The number of carbonyl (C=O) groups is 1. The average molecular weight is 251 g/mol. The van der Waals surface area contributed by atoms with Crippen LogP contribution in [0.25, 0.3) is 0 Å². The first-order valence-electron chi connectivity index (χ1n) is 5.28. The fraction of sp³-hybridized carbons (Fsp3) is 0.273. The number of rotatable bonds is 5. The molecule has 1 rings (SSSR count). The number of amides is 1. The SMILES string of the molecule is CCN=CNC(=O)OCc1ccc([N+](=O)[O-])cc1. The molecule has 0 aliphatic carbocycles. The smallest absolute Gasteiger partial charge is 0.412 e. The number of nitro benzene ring substituents is 1. The van der Waals surface area contributed by atoms with Gasteiger partial charge in [-0.1, -0.05) is 0 Å². The summed E-state index contributed by atoms with van der Waals surface area (Å²) >= 11 is 0. The molecule has 0 saturated carbocycles. The molecule has 18 heavy (non-hydrogen) atoms. The highest BCUT2D eigenvalue weighted by Crippen LogP contribution is 2.12. The normalized spacial score (nSPS) is 10.3. The molecular formula is C11H13N3O4. The second-order valence-electron chi connectivity index (χ2n) is 3.27. The molecule has 0 saturated heterocycles. The summed E-state index contributed by atoms with van der Waals surface area (Å²) < 4.78 is 4.86. The van der Waals surface area contributed by atoms with Gasteiger partial charge in [-0.3, -0.25) is 20.4 Å². The van der Waals surface area contributed by atoms with Crippen molar-refractivity contribution in [2.75, 3.05) is 6.54 Å². The second kappa shape index (κ2) is 7.00. The van der Waals surface area contributed by atoms with E-state index in [-0.39, 0.29) is 12.3 Å². The molecule has 0 aliphatic rings. The van der Waals surface area contributed by atoms with Gasteiger partial charge >= 0.3 is 6.09 Å². The van der Waals surface area contributed by atoms with E-state index in [0.29, 0.717) is 12.1 Å². The first-order valence-corrected chi connectivity index (χ1v) is 5.28. The molecule has 0 radical (unpaired) electrons. The van der Waals surface area contributed by atoms with Gasteiger partial charge in [0.1, 0.15) is 6.61 Å². The largest absolute Gasteiger partial charge is 0.444 e. The number of hydrogen-bond donors (Lipinski definition) is 1. The Morgan fingerprint density at radius 1 is 1.50 bits per heavy atom.